The van der Waals surface area contributed by atoms with E-state index in [0.29, 0.717) is 6.42 Å². The highest BCUT2D eigenvalue weighted by molar-refractivity contribution is 5.23. The van der Waals surface area contributed by atoms with Crippen molar-refractivity contribution in [1.82, 2.24) is 9.55 Å². The molecule has 2 heterocycles. The highest BCUT2D eigenvalue weighted by Gasteiger charge is 2.39. The lowest BCUT2D eigenvalue weighted by Crippen LogP contribution is -2.31. The topological polar surface area (TPSA) is 90.4 Å². The van der Waals surface area contributed by atoms with Gasteiger partial charge in [-0.15, -0.1) is 0 Å². The van der Waals surface area contributed by atoms with E-state index in [4.69, 9.17) is 10.5 Å². The van der Waals surface area contributed by atoms with E-state index in [2.05, 4.69) is 4.98 Å². The van der Waals surface area contributed by atoms with Crippen LogP contribution in [-0.2, 0) is 4.74 Å². The number of ether oxygens (including phenoxy) is 1. The van der Waals surface area contributed by atoms with E-state index >= 15 is 0 Å². The summed E-state index contributed by atoms with van der Waals surface area (Å²) in [7, 11) is 0. The van der Waals surface area contributed by atoms with Crippen molar-refractivity contribution < 1.29 is 14.2 Å². The van der Waals surface area contributed by atoms with Gasteiger partial charge in [0.05, 0.1) is 12.2 Å². The van der Waals surface area contributed by atoms with Crippen LogP contribution in [0.1, 0.15) is 26.0 Å². The molecule has 18 heavy (non-hydrogen) atoms. The molecule has 0 spiro atoms. The number of nitrogen functional groups attached to an aromatic ring is 1. The molecule has 0 saturated carbocycles. The number of alkyl halides is 1. The van der Waals surface area contributed by atoms with Gasteiger partial charge in [0.1, 0.15) is 12.0 Å². The van der Waals surface area contributed by atoms with E-state index in [-0.39, 0.29) is 12.2 Å². The van der Waals surface area contributed by atoms with Crippen LogP contribution in [0, 0.1) is 0 Å². The summed E-state index contributed by atoms with van der Waals surface area (Å²) in [5, 5.41) is 9.64. The van der Waals surface area contributed by atoms with Crippen molar-refractivity contribution in [3.63, 3.8) is 0 Å². The molecule has 100 valence electrons. The number of halogens is 1. The third-order valence-corrected chi connectivity index (χ3v) is 3.05. The first-order chi connectivity index (χ1) is 8.52. The smallest absolute Gasteiger partial charge is 0.351 e. The van der Waals surface area contributed by atoms with Crippen LogP contribution in [0.25, 0.3) is 0 Å². The standard InChI is InChI=1S/C11H16FN3O3/c1-2-7(16)8-5-6(12)10(18-8)15-4-3-9(13)14-11(15)17/h3-4,6-8,10,16H,2,5H2,1H3,(H2,13,14,17)/t6-,7?,8?,10+/m0/s1. The molecular weight excluding hydrogens is 241 g/mol. The molecular formula is C11H16FN3O3. The summed E-state index contributed by atoms with van der Waals surface area (Å²) in [5.74, 6) is 0.0785. The summed E-state index contributed by atoms with van der Waals surface area (Å²) in [6.07, 6.45) is -1.83. The first-order valence-electron chi connectivity index (χ1n) is 5.85. The number of rotatable bonds is 3. The van der Waals surface area contributed by atoms with Crippen molar-refractivity contribution in [1.29, 1.82) is 0 Å². The van der Waals surface area contributed by atoms with Gasteiger partial charge in [-0.2, -0.15) is 4.98 Å². The molecule has 2 unspecified atom stereocenters. The zero-order valence-electron chi connectivity index (χ0n) is 9.99. The maximum Gasteiger partial charge on any atom is 0.351 e. The molecule has 2 rings (SSSR count). The Morgan fingerprint density at radius 3 is 3.11 bits per heavy atom. The van der Waals surface area contributed by atoms with Crippen LogP contribution in [0.5, 0.6) is 0 Å². The second-order valence-corrected chi connectivity index (χ2v) is 4.33. The van der Waals surface area contributed by atoms with E-state index < -0.39 is 30.3 Å². The minimum Gasteiger partial charge on any atom is -0.390 e. The Morgan fingerprint density at radius 2 is 2.50 bits per heavy atom. The Kier molecular flexibility index (Phi) is 3.63. The Hall–Kier alpha value is -1.47. The first kappa shape index (κ1) is 13.0. The van der Waals surface area contributed by atoms with Crippen molar-refractivity contribution in [3.8, 4) is 0 Å². The molecule has 4 atom stereocenters. The van der Waals surface area contributed by atoms with Crippen LogP contribution in [0.3, 0.4) is 0 Å². The van der Waals surface area contributed by atoms with Crippen LogP contribution in [-0.4, -0.2) is 33.0 Å². The van der Waals surface area contributed by atoms with E-state index in [9.17, 15) is 14.3 Å². The number of aliphatic hydroxyl groups is 1. The maximum absolute atomic E-state index is 13.8. The van der Waals surface area contributed by atoms with Crippen LogP contribution in [0.2, 0.25) is 0 Å². The largest absolute Gasteiger partial charge is 0.390 e. The summed E-state index contributed by atoms with van der Waals surface area (Å²) in [5.41, 5.74) is 4.70. The Bertz CT molecular complexity index is 479. The minimum atomic E-state index is -1.35. The number of aliphatic hydroxyl groups excluding tert-OH is 1. The average molecular weight is 257 g/mol. The number of anilines is 1. The number of hydrogen-bond donors (Lipinski definition) is 2. The van der Waals surface area contributed by atoms with Gasteiger partial charge in [0.2, 0.25) is 0 Å². The van der Waals surface area contributed by atoms with Crippen LogP contribution in [0.15, 0.2) is 17.1 Å². The quantitative estimate of drug-likeness (QED) is 0.808. The monoisotopic (exact) mass is 257 g/mol. The second-order valence-electron chi connectivity index (χ2n) is 4.33. The van der Waals surface area contributed by atoms with E-state index in [1.807, 2.05) is 0 Å². The zero-order chi connectivity index (χ0) is 13.3. The summed E-state index contributed by atoms with van der Waals surface area (Å²) < 4.78 is 20.3. The number of nitrogens with zero attached hydrogens (tertiary/aromatic N) is 2. The fraction of sp³-hybridized carbons (Fsp3) is 0.636. The molecule has 1 aromatic heterocycles. The molecule has 0 aliphatic carbocycles. The molecule has 0 amide bonds. The first-order valence-corrected chi connectivity index (χ1v) is 5.85. The molecule has 1 aliphatic rings. The van der Waals surface area contributed by atoms with E-state index in [1.165, 1.54) is 12.3 Å². The predicted molar refractivity (Wildman–Crippen MR) is 62.6 cm³/mol. The van der Waals surface area contributed by atoms with Crippen LogP contribution in [0.4, 0.5) is 10.2 Å². The van der Waals surface area contributed by atoms with Crippen molar-refractivity contribution >= 4 is 5.82 Å². The maximum atomic E-state index is 13.8. The molecule has 1 fully saturated rings. The van der Waals surface area contributed by atoms with Gasteiger partial charge in [0.25, 0.3) is 0 Å². The minimum absolute atomic E-state index is 0.0660. The number of aromatic nitrogens is 2. The molecule has 0 aromatic carbocycles. The van der Waals surface area contributed by atoms with Crippen LogP contribution >= 0.6 is 0 Å². The third kappa shape index (κ3) is 2.37. The summed E-state index contributed by atoms with van der Waals surface area (Å²) in [6, 6.07) is 1.40. The summed E-state index contributed by atoms with van der Waals surface area (Å²) in [4.78, 5) is 15.1. The lowest BCUT2D eigenvalue weighted by Gasteiger charge is -2.18. The fourth-order valence-corrected chi connectivity index (χ4v) is 2.03. The van der Waals surface area contributed by atoms with Gasteiger partial charge < -0.3 is 15.6 Å². The fourth-order valence-electron chi connectivity index (χ4n) is 2.03. The molecule has 6 nitrogen and oxygen atoms in total. The van der Waals surface area contributed by atoms with E-state index in [0.717, 1.165) is 4.57 Å². The molecule has 1 saturated heterocycles. The second kappa shape index (κ2) is 5.03. The Labute approximate surface area is 103 Å². The van der Waals surface area contributed by atoms with Crippen molar-refractivity contribution in [2.45, 2.75) is 44.4 Å². The lowest BCUT2D eigenvalue weighted by atomic mass is 10.1. The van der Waals surface area contributed by atoms with Gasteiger partial charge in [0.15, 0.2) is 6.23 Å². The summed E-state index contributed by atoms with van der Waals surface area (Å²) >= 11 is 0. The van der Waals surface area contributed by atoms with Crippen molar-refractivity contribution in [2.75, 3.05) is 5.73 Å². The molecule has 1 aliphatic heterocycles. The normalized spacial score (nSPS) is 29.4. The Balaban J connectivity index is 2.21. The van der Waals surface area contributed by atoms with Gasteiger partial charge >= 0.3 is 5.69 Å². The van der Waals surface area contributed by atoms with Crippen LogP contribution < -0.4 is 11.4 Å². The lowest BCUT2D eigenvalue weighted by molar-refractivity contribution is -0.0699. The molecule has 0 bridgehead atoms. The third-order valence-electron chi connectivity index (χ3n) is 3.05. The van der Waals surface area contributed by atoms with Gasteiger partial charge in [0, 0.05) is 12.6 Å². The molecule has 3 N–H and O–H groups in total. The SMILES string of the molecule is CCC(O)C1C[C@H](F)[C@H](n2ccc(N)nc2=O)O1. The van der Waals surface area contributed by atoms with E-state index in [1.54, 1.807) is 6.92 Å². The predicted octanol–water partition coefficient (Wildman–Crippen LogP) is 0.222. The molecule has 7 heteroatoms. The summed E-state index contributed by atoms with van der Waals surface area (Å²) in [6.45, 7) is 1.78. The van der Waals surface area contributed by atoms with Gasteiger partial charge in [-0.25, -0.2) is 9.18 Å². The van der Waals surface area contributed by atoms with Gasteiger partial charge in [-0.05, 0) is 12.5 Å². The highest BCUT2D eigenvalue weighted by Crippen LogP contribution is 2.32. The molecule has 1 aromatic rings. The number of nitrogens with two attached hydrogens (primary N) is 1. The zero-order valence-corrected chi connectivity index (χ0v) is 9.99. The molecule has 0 radical (unpaired) electrons. The number of hydrogen-bond acceptors (Lipinski definition) is 5. The highest BCUT2D eigenvalue weighted by atomic mass is 19.1. The van der Waals surface area contributed by atoms with Crippen molar-refractivity contribution in [2.24, 2.45) is 0 Å². The van der Waals surface area contributed by atoms with Gasteiger partial charge in [-0.3, -0.25) is 4.57 Å². The van der Waals surface area contributed by atoms with Crippen molar-refractivity contribution in [3.05, 3.63) is 22.7 Å². The average Bonchev–Trinajstić information content (AvgIpc) is 2.70. The Morgan fingerprint density at radius 1 is 1.78 bits per heavy atom. The van der Waals surface area contributed by atoms with Gasteiger partial charge in [-0.1, -0.05) is 6.92 Å².